The van der Waals surface area contributed by atoms with E-state index in [-0.39, 0.29) is 18.6 Å². The van der Waals surface area contributed by atoms with Gasteiger partial charge in [0.1, 0.15) is 12.3 Å². The Morgan fingerprint density at radius 1 is 1.06 bits per heavy atom. The van der Waals surface area contributed by atoms with Crippen LogP contribution in [0.1, 0.15) is 36.2 Å². The zero-order valence-electron chi connectivity index (χ0n) is 21.1. The van der Waals surface area contributed by atoms with Gasteiger partial charge in [-0.15, -0.1) is 0 Å². The number of hydrogen-bond acceptors (Lipinski definition) is 6. The minimum Gasteiger partial charge on any atom is -0.491 e. The van der Waals surface area contributed by atoms with Crippen LogP contribution in [0.25, 0.3) is 0 Å². The van der Waals surface area contributed by atoms with E-state index < -0.39 is 15.9 Å². The van der Waals surface area contributed by atoms with E-state index in [0.717, 1.165) is 28.3 Å². The van der Waals surface area contributed by atoms with Crippen LogP contribution in [0.3, 0.4) is 0 Å². The van der Waals surface area contributed by atoms with Crippen LogP contribution in [0.5, 0.6) is 5.75 Å². The van der Waals surface area contributed by atoms with Crippen molar-refractivity contribution in [2.75, 3.05) is 50.0 Å². The summed E-state index contributed by atoms with van der Waals surface area (Å²) in [5, 5.41) is 2.79. The molecule has 1 aliphatic rings. The smallest absolute Gasteiger partial charge is 0.254 e. The predicted octanol–water partition coefficient (Wildman–Crippen LogP) is 2.46. The molecule has 0 radical (unpaired) electrons. The molecule has 0 aliphatic carbocycles. The summed E-state index contributed by atoms with van der Waals surface area (Å²) in [6.07, 6.45) is 2.66. The highest BCUT2D eigenvalue weighted by atomic mass is 32.2. The SMILES string of the molecule is CC(C)Oc1ccc(CCCNC(=O)CN(c2ccc(C(=O)N3CCOCC3)cc2)S(C)(=O)=O)cc1. The largest absolute Gasteiger partial charge is 0.491 e. The number of nitrogens with one attached hydrogen (secondary N) is 1. The lowest BCUT2D eigenvalue weighted by Gasteiger charge is -2.27. The molecule has 36 heavy (non-hydrogen) atoms. The number of benzene rings is 2. The number of carbonyl (C=O) groups is 2. The highest BCUT2D eigenvalue weighted by Crippen LogP contribution is 2.19. The van der Waals surface area contributed by atoms with E-state index in [2.05, 4.69) is 5.32 Å². The van der Waals surface area contributed by atoms with Crippen molar-refractivity contribution in [3.05, 3.63) is 59.7 Å². The van der Waals surface area contributed by atoms with Crippen LogP contribution in [0.15, 0.2) is 48.5 Å². The van der Waals surface area contributed by atoms with Crippen LogP contribution in [0, 0.1) is 0 Å². The van der Waals surface area contributed by atoms with Crippen molar-refractivity contribution in [1.29, 1.82) is 0 Å². The number of carbonyl (C=O) groups excluding carboxylic acids is 2. The molecule has 3 rings (SSSR count). The summed E-state index contributed by atoms with van der Waals surface area (Å²) in [6.45, 7) is 6.08. The number of aryl methyl sites for hydroxylation is 1. The average molecular weight is 518 g/mol. The number of morpholine rings is 1. The molecule has 0 saturated carbocycles. The molecule has 1 fully saturated rings. The maximum Gasteiger partial charge on any atom is 0.254 e. The summed E-state index contributed by atoms with van der Waals surface area (Å²) in [6, 6.07) is 14.1. The Morgan fingerprint density at radius 2 is 1.69 bits per heavy atom. The molecule has 0 bridgehead atoms. The second-order valence-corrected chi connectivity index (χ2v) is 10.9. The minimum atomic E-state index is -3.70. The van der Waals surface area contributed by atoms with Gasteiger partial charge < -0.3 is 19.7 Å². The highest BCUT2D eigenvalue weighted by Gasteiger charge is 2.22. The van der Waals surface area contributed by atoms with E-state index in [1.165, 1.54) is 0 Å². The Morgan fingerprint density at radius 3 is 2.28 bits per heavy atom. The molecule has 1 aliphatic heterocycles. The Kier molecular flexibility index (Phi) is 9.72. The number of nitrogens with zero attached hydrogens (tertiary/aromatic N) is 2. The van der Waals surface area contributed by atoms with Gasteiger partial charge in [-0.3, -0.25) is 13.9 Å². The second kappa shape index (κ2) is 12.7. The molecule has 1 heterocycles. The fourth-order valence-electron chi connectivity index (χ4n) is 3.83. The summed E-state index contributed by atoms with van der Waals surface area (Å²) >= 11 is 0. The first-order valence-corrected chi connectivity index (χ1v) is 14.0. The molecular formula is C26H35N3O6S. The zero-order valence-corrected chi connectivity index (χ0v) is 21.9. The maximum absolute atomic E-state index is 12.6. The van der Waals surface area contributed by atoms with Crippen LogP contribution in [0.4, 0.5) is 5.69 Å². The van der Waals surface area contributed by atoms with E-state index in [1.807, 2.05) is 38.1 Å². The Hall–Kier alpha value is -3.11. The highest BCUT2D eigenvalue weighted by molar-refractivity contribution is 7.92. The van der Waals surface area contributed by atoms with Gasteiger partial charge in [0.05, 0.1) is 31.3 Å². The molecule has 9 nitrogen and oxygen atoms in total. The standard InChI is InChI=1S/C26H35N3O6S/c1-20(2)35-24-12-6-21(7-13-24)5-4-14-27-25(30)19-29(36(3,32)33)23-10-8-22(9-11-23)26(31)28-15-17-34-18-16-28/h6-13,20H,4-5,14-19H2,1-3H3,(H,27,30). The van der Waals surface area contributed by atoms with Gasteiger partial charge in [-0.25, -0.2) is 8.42 Å². The van der Waals surface area contributed by atoms with E-state index in [9.17, 15) is 18.0 Å². The fraction of sp³-hybridized carbons (Fsp3) is 0.462. The molecule has 0 atom stereocenters. The van der Waals surface area contributed by atoms with Crippen molar-refractivity contribution in [1.82, 2.24) is 10.2 Å². The lowest BCUT2D eigenvalue weighted by molar-refractivity contribution is -0.119. The Labute approximate surface area is 213 Å². The van der Waals surface area contributed by atoms with Gasteiger partial charge in [-0.05, 0) is 68.7 Å². The van der Waals surface area contributed by atoms with E-state index in [1.54, 1.807) is 29.2 Å². The van der Waals surface area contributed by atoms with Crippen LogP contribution < -0.4 is 14.4 Å². The normalized spacial score (nSPS) is 13.9. The molecule has 1 N–H and O–H groups in total. The van der Waals surface area contributed by atoms with Gasteiger partial charge >= 0.3 is 0 Å². The summed E-state index contributed by atoms with van der Waals surface area (Å²) in [4.78, 5) is 26.8. The number of hydrogen-bond donors (Lipinski definition) is 1. The Bertz CT molecular complexity index is 1110. The van der Waals surface area contributed by atoms with Crippen LogP contribution in [-0.2, 0) is 26.0 Å². The first-order valence-electron chi connectivity index (χ1n) is 12.1. The van der Waals surface area contributed by atoms with Gasteiger partial charge in [0, 0.05) is 25.2 Å². The van der Waals surface area contributed by atoms with Gasteiger partial charge in [-0.1, -0.05) is 12.1 Å². The molecule has 2 aromatic carbocycles. The third-order valence-corrected chi connectivity index (χ3v) is 6.79. The maximum atomic E-state index is 12.6. The molecule has 2 aromatic rings. The molecule has 0 spiro atoms. The molecule has 2 amide bonds. The van der Waals surface area contributed by atoms with Gasteiger partial charge in [0.25, 0.3) is 5.91 Å². The molecular weight excluding hydrogens is 482 g/mol. The summed E-state index contributed by atoms with van der Waals surface area (Å²) in [5.74, 6) is 0.298. The van der Waals surface area contributed by atoms with Gasteiger partial charge in [-0.2, -0.15) is 0 Å². The first-order chi connectivity index (χ1) is 17.1. The van der Waals surface area contributed by atoms with Crippen molar-refractivity contribution in [2.45, 2.75) is 32.8 Å². The van der Waals surface area contributed by atoms with E-state index >= 15 is 0 Å². The second-order valence-electron chi connectivity index (χ2n) is 8.99. The predicted molar refractivity (Wildman–Crippen MR) is 139 cm³/mol. The third-order valence-electron chi connectivity index (χ3n) is 5.65. The molecule has 1 saturated heterocycles. The zero-order chi connectivity index (χ0) is 26.1. The molecule has 0 unspecified atom stereocenters. The summed E-state index contributed by atoms with van der Waals surface area (Å²) in [7, 11) is -3.70. The lowest BCUT2D eigenvalue weighted by atomic mass is 10.1. The number of rotatable bonds is 11. The third kappa shape index (κ3) is 8.23. The fourth-order valence-corrected chi connectivity index (χ4v) is 4.69. The van der Waals surface area contributed by atoms with Gasteiger partial charge in [0.15, 0.2) is 0 Å². The minimum absolute atomic E-state index is 0.119. The molecule has 196 valence electrons. The lowest BCUT2D eigenvalue weighted by Crippen LogP contribution is -2.41. The number of anilines is 1. The molecule has 10 heteroatoms. The van der Waals surface area contributed by atoms with Crippen molar-refractivity contribution in [3.63, 3.8) is 0 Å². The number of ether oxygens (including phenoxy) is 2. The number of sulfonamides is 1. The van der Waals surface area contributed by atoms with E-state index in [4.69, 9.17) is 9.47 Å². The van der Waals surface area contributed by atoms with Crippen LogP contribution in [-0.4, -0.2) is 76.9 Å². The van der Waals surface area contributed by atoms with E-state index in [0.29, 0.717) is 50.5 Å². The summed E-state index contributed by atoms with van der Waals surface area (Å²) in [5.41, 5.74) is 1.92. The monoisotopic (exact) mass is 517 g/mol. The van der Waals surface area contributed by atoms with Crippen molar-refractivity contribution in [3.8, 4) is 5.75 Å². The quantitative estimate of drug-likeness (QED) is 0.459. The molecule has 0 aromatic heterocycles. The van der Waals surface area contributed by atoms with Crippen molar-refractivity contribution < 1.29 is 27.5 Å². The van der Waals surface area contributed by atoms with Gasteiger partial charge in [0.2, 0.25) is 15.9 Å². The summed E-state index contributed by atoms with van der Waals surface area (Å²) < 4.78 is 36.7. The average Bonchev–Trinajstić information content (AvgIpc) is 2.85. The topological polar surface area (TPSA) is 105 Å². The van der Waals surface area contributed by atoms with Crippen LogP contribution in [0.2, 0.25) is 0 Å². The van der Waals surface area contributed by atoms with Crippen LogP contribution >= 0.6 is 0 Å². The first kappa shape index (κ1) is 27.5. The number of amides is 2. The van der Waals surface area contributed by atoms with Crippen molar-refractivity contribution in [2.24, 2.45) is 0 Å². The Balaban J connectivity index is 1.51. The van der Waals surface area contributed by atoms with Crippen molar-refractivity contribution >= 4 is 27.5 Å².